The van der Waals surface area contributed by atoms with Crippen LogP contribution in [0.25, 0.3) is 10.2 Å². The number of thiazole rings is 1. The van der Waals surface area contributed by atoms with Crippen LogP contribution in [0.3, 0.4) is 0 Å². The monoisotopic (exact) mass is 426 g/mol. The predicted molar refractivity (Wildman–Crippen MR) is 123 cm³/mol. The Hall–Kier alpha value is -2.44. The molecule has 0 aliphatic rings. The summed E-state index contributed by atoms with van der Waals surface area (Å²) < 4.78 is 14.5. The van der Waals surface area contributed by atoms with Crippen molar-refractivity contribution < 1.29 is 14.3 Å². The zero-order valence-electron chi connectivity index (χ0n) is 18.2. The number of rotatable bonds is 9. The molecule has 0 aliphatic carbocycles. The van der Waals surface area contributed by atoms with Crippen molar-refractivity contribution in [2.75, 3.05) is 19.8 Å². The topological polar surface area (TPSA) is 52.8 Å². The molecule has 0 unspecified atom stereocenters. The van der Waals surface area contributed by atoms with Gasteiger partial charge in [-0.3, -0.25) is 4.79 Å². The zero-order chi connectivity index (χ0) is 21.5. The van der Waals surface area contributed by atoms with Crippen LogP contribution in [0.1, 0.15) is 48.2 Å². The molecule has 0 N–H and O–H groups in total. The Balaban J connectivity index is 1.93. The lowest BCUT2D eigenvalue weighted by molar-refractivity contribution is 0.0996. The molecule has 0 atom stereocenters. The maximum Gasteiger partial charge on any atom is 0.279 e. The normalized spacial score (nSPS) is 11.9. The van der Waals surface area contributed by atoms with Crippen molar-refractivity contribution in [3.8, 4) is 5.75 Å². The summed E-state index contributed by atoms with van der Waals surface area (Å²) in [6.07, 6.45) is 2.11. The Morgan fingerprint density at radius 1 is 1.10 bits per heavy atom. The Bertz CT molecular complexity index is 1060. The lowest BCUT2D eigenvalue weighted by Gasteiger charge is -2.07. The van der Waals surface area contributed by atoms with E-state index in [1.54, 1.807) is 23.5 Å². The largest absolute Gasteiger partial charge is 0.494 e. The Kier molecular flexibility index (Phi) is 7.82. The van der Waals surface area contributed by atoms with E-state index in [1.165, 1.54) is 11.1 Å². The quantitative estimate of drug-likeness (QED) is 0.438. The van der Waals surface area contributed by atoms with Crippen LogP contribution in [0.15, 0.2) is 41.4 Å². The average molecular weight is 427 g/mol. The van der Waals surface area contributed by atoms with Gasteiger partial charge in [-0.15, -0.1) is 0 Å². The second-order valence-corrected chi connectivity index (χ2v) is 8.28. The van der Waals surface area contributed by atoms with Crippen LogP contribution in [0.5, 0.6) is 5.75 Å². The van der Waals surface area contributed by atoms with E-state index in [0.29, 0.717) is 36.7 Å². The second-order valence-electron chi connectivity index (χ2n) is 7.31. The summed E-state index contributed by atoms with van der Waals surface area (Å²) in [6.45, 7) is 10.9. The molecule has 3 rings (SSSR count). The van der Waals surface area contributed by atoms with Crippen molar-refractivity contribution >= 4 is 27.5 Å². The van der Waals surface area contributed by atoms with E-state index < -0.39 is 0 Å². The average Bonchev–Trinajstić information content (AvgIpc) is 3.06. The van der Waals surface area contributed by atoms with Crippen molar-refractivity contribution in [2.45, 2.75) is 47.1 Å². The smallest absolute Gasteiger partial charge is 0.279 e. The van der Waals surface area contributed by atoms with Gasteiger partial charge in [0.15, 0.2) is 4.80 Å². The van der Waals surface area contributed by atoms with Crippen LogP contribution in [0.4, 0.5) is 0 Å². The molecule has 0 saturated heterocycles. The molecule has 2 aromatic carbocycles. The van der Waals surface area contributed by atoms with Gasteiger partial charge in [0, 0.05) is 18.7 Å². The molecule has 0 bridgehead atoms. The summed E-state index contributed by atoms with van der Waals surface area (Å²) in [5, 5.41) is 0. The molecule has 0 spiro atoms. The number of hydrogen-bond acceptors (Lipinski definition) is 4. The number of ether oxygens (including phenoxy) is 2. The number of carbonyl (C=O) groups is 1. The SMILES string of the molecule is CCCCOc1ccc(C(=O)N=c2sc3c(C)cc(C)cc3n2CCOCC)cc1. The van der Waals surface area contributed by atoms with Crippen molar-refractivity contribution in [1.29, 1.82) is 0 Å². The highest BCUT2D eigenvalue weighted by molar-refractivity contribution is 7.16. The van der Waals surface area contributed by atoms with E-state index in [1.807, 2.05) is 19.1 Å². The Labute approximate surface area is 182 Å². The Morgan fingerprint density at radius 3 is 2.57 bits per heavy atom. The number of carbonyl (C=O) groups excluding carboxylic acids is 1. The van der Waals surface area contributed by atoms with Crippen molar-refractivity contribution in [1.82, 2.24) is 4.57 Å². The first-order valence-electron chi connectivity index (χ1n) is 10.5. The van der Waals surface area contributed by atoms with Crippen molar-refractivity contribution in [2.24, 2.45) is 4.99 Å². The minimum absolute atomic E-state index is 0.249. The van der Waals surface area contributed by atoms with Crippen LogP contribution in [-0.4, -0.2) is 30.3 Å². The number of amides is 1. The fraction of sp³-hybridized carbons (Fsp3) is 0.417. The minimum atomic E-state index is -0.249. The number of nitrogens with zero attached hydrogens (tertiary/aromatic N) is 2. The van der Waals surface area contributed by atoms with Gasteiger partial charge in [0.1, 0.15) is 5.75 Å². The summed E-state index contributed by atoms with van der Waals surface area (Å²) in [7, 11) is 0. The molecular formula is C24H30N2O3S. The van der Waals surface area contributed by atoms with E-state index in [-0.39, 0.29) is 5.91 Å². The third-order valence-electron chi connectivity index (χ3n) is 4.84. The summed E-state index contributed by atoms with van der Waals surface area (Å²) in [4.78, 5) is 18.0. The number of aromatic nitrogens is 1. The number of benzene rings is 2. The zero-order valence-corrected chi connectivity index (χ0v) is 19.1. The van der Waals surface area contributed by atoms with Gasteiger partial charge in [-0.25, -0.2) is 0 Å². The van der Waals surface area contributed by atoms with E-state index in [2.05, 4.69) is 42.5 Å². The lowest BCUT2D eigenvalue weighted by Crippen LogP contribution is -2.19. The summed E-state index contributed by atoms with van der Waals surface area (Å²) >= 11 is 1.55. The number of hydrogen-bond donors (Lipinski definition) is 0. The molecule has 1 aromatic heterocycles. The van der Waals surface area contributed by atoms with Crippen molar-refractivity contribution in [3.05, 3.63) is 57.9 Å². The molecule has 0 fully saturated rings. The van der Waals surface area contributed by atoms with E-state index in [0.717, 1.165) is 28.8 Å². The van der Waals surface area contributed by atoms with E-state index >= 15 is 0 Å². The van der Waals surface area contributed by atoms with Crippen LogP contribution in [-0.2, 0) is 11.3 Å². The van der Waals surface area contributed by atoms with Gasteiger partial charge >= 0.3 is 0 Å². The van der Waals surface area contributed by atoms with Crippen molar-refractivity contribution in [3.63, 3.8) is 0 Å². The lowest BCUT2D eigenvalue weighted by atomic mass is 10.1. The molecule has 0 saturated carbocycles. The van der Waals surface area contributed by atoms with Crippen LogP contribution >= 0.6 is 11.3 Å². The van der Waals surface area contributed by atoms with Gasteiger partial charge in [0.25, 0.3) is 5.91 Å². The molecule has 6 heteroatoms. The first-order valence-corrected chi connectivity index (χ1v) is 11.3. The third kappa shape index (κ3) is 5.37. The Morgan fingerprint density at radius 2 is 1.87 bits per heavy atom. The molecule has 0 aliphatic heterocycles. The van der Waals surface area contributed by atoms with Gasteiger partial charge in [0.05, 0.1) is 23.4 Å². The highest BCUT2D eigenvalue weighted by Crippen LogP contribution is 2.23. The summed E-state index contributed by atoms with van der Waals surface area (Å²) in [6, 6.07) is 11.5. The molecular weight excluding hydrogens is 396 g/mol. The number of aryl methyl sites for hydroxylation is 2. The first kappa shape index (κ1) is 22.2. The highest BCUT2D eigenvalue weighted by Gasteiger charge is 2.12. The molecule has 30 heavy (non-hydrogen) atoms. The number of unbranched alkanes of at least 4 members (excludes halogenated alkanes) is 1. The fourth-order valence-corrected chi connectivity index (χ4v) is 4.40. The van der Waals surface area contributed by atoms with Crippen LogP contribution in [0.2, 0.25) is 0 Å². The van der Waals surface area contributed by atoms with Gasteiger partial charge < -0.3 is 14.0 Å². The molecule has 3 aromatic rings. The van der Waals surface area contributed by atoms with E-state index in [9.17, 15) is 4.79 Å². The maximum atomic E-state index is 12.9. The maximum absolute atomic E-state index is 12.9. The van der Waals surface area contributed by atoms with Gasteiger partial charge in [-0.05, 0) is 68.7 Å². The highest BCUT2D eigenvalue weighted by atomic mass is 32.1. The summed E-state index contributed by atoms with van der Waals surface area (Å²) in [5.74, 6) is 0.529. The second kappa shape index (κ2) is 10.5. The fourth-order valence-electron chi connectivity index (χ4n) is 3.29. The van der Waals surface area contributed by atoms with Crippen LogP contribution < -0.4 is 9.54 Å². The summed E-state index contributed by atoms with van der Waals surface area (Å²) in [5.41, 5.74) is 4.05. The standard InChI is InChI=1S/C24H30N2O3S/c1-5-7-13-29-20-10-8-19(9-11-20)23(27)25-24-26(12-14-28-6-2)21-16-17(3)15-18(4)22(21)30-24/h8-11,15-16H,5-7,12-14H2,1-4H3. The van der Waals surface area contributed by atoms with E-state index in [4.69, 9.17) is 9.47 Å². The molecule has 0 radical (unpaired) electrons. The molecule has 160 valence electrons. The molecule has 5 nitrogen and oxygen atoms in total. The minimum Gasteiger partial charge on any atom is -0.494 e. The van der Waals surface area contributed by atoms with Gasteiger partial charge in [-0.2, -0.15) is 4.99 Å². The third-order valence-corrected chi connectivity index (χ3v) is 6.07. The predicted octanol–water partition coefficient (Wildman–Crippen LogP) is 5.28. The van der Waals surface area contributed by atoms with Gasteiger partial charge in [0.2, 0.25) is 0 Å². The molecule has 1 heterocycles. The first-order chi connectivity index (χ1) is 14.5. The molecule has 1 amide bonds. The van der Waals surface area contributed by atoms with Gasteiger partial charge in [-0.1, -0.05) is 30.7 Å². The van der Waals surface area contributed by atoms with Crippen LogP contribution in [0, 0.1) is 13.8 Å². The number of fused-ring (bicyclic) bond motifs is 1.